The van der Waals surface area contributed by atoms with E-state index in [4.69, 9.17) is 9.97 Å². The van der Waals surface area contributed by atoms with Crippen molar-refractivity contribution in [2.75, 3.05) is 0 Å². The zero-order valence-electron chi connectivity index (χ0n) is 23.5. The molecule has 0 N–H and O–H groups in total. The molecule has 0 bridgehead atoms. The van der Waals surface area contributed by atoms with Crippen LogP contribution in [0, 0.1) is 0 Å². The van der Waals surface area contributed by atoms with Crippen molar-refractivity contribution < 1.29 is 0 Å². The van der Waals surface area contributed by atoms with Gasteiger partial charge in [-0.2, -0.15) is 0 Å². The lowest BCUT2D eigenvalue weighted by molar-refractivity contribution is 0.657. The molecule has 0 saturated heterocycles. The molecule has 9 rings (SSSR count). The minimum Gasteiger partial charge on any atom is -0.277 e. The Bertz CT molecular complexity index is 2380. The van der Waals surface area contributed by atoms with Gasteiger partial charge in [0.2, 0.25) is 5.95 Å². The van der Waals surface area contributed by atoms with Gasteiger partial charge in [0.1, 0.15) is 0 Å². The first-order valence-electron chi connectivity index (χ1n) is 14.5. The molecule has 0 aliphatic heterocycles. The minimum atomic E-state index is -0.223. The zero-order valence-corrected chi connectivity index (χ0v) is 23.5. The number of aromatic nitrogens is 3. The molecule has 0 spiro atoms. The number of fused-ring (bicyclic) bond motifs is 9. The van der Waals surface area contributed by atoms with Gasteiger partial charge < -0.3 is 0 Å². The normalized spacial score (nSPS) is 13.7. The number of hydrogen-bond acceptors (Lipinski definition) is 2. The molecule has 0 atom stereocenters. The van der Waals surface area contributed by atoms with Crippen molar-refractivity contribution in [1.29, 1.82) is 0 Å². The van der Waals surface area contributed by atoms with Crippen molar-refractivity contribution >= 4 is 43.4 Å². The Balaban J connectivity index is 1.49. The highest BCUT2D eigenvalue weighted by Crippen LogP contribution is 2.51. The van der Waals surface area contributed by atoms with Crippen LogP contribution in [0.5, 0.6) is 0 Å². The van der Waals surface area contributed by atoms with Crippen LogP contribution in [-0.4, -0.2) is 14.5 Å². The lowest BCUT2D eigenvalue weighted by atomic mass is 9.81. The molecule has 1 aliphatic carbocycles. The molecule has 0 unspecified atom stereocenters. The number of benzene rings is 6. The third-order valence-electron chi connectivity index (χ3n) is 9.14. The molecule has 0 fully saturated rings. The second-order valence-corrected chi connectivity index (χ2v) is 11.9. The topological polar surface area (TPSA) is 30.7 Å². The number of nitrogens with zero attached hydrogens (tertiary/aromatic N) is 3. The van der Waals surface area contributed by atoms with Crippen molar-refractivity contribution in [3.05, 3.63) is 139 Å². The van der Waals surface area contributed by atoms with Crippen LogP contribution in [0.3, 0.4) is 0 Å². The Labute approximate surface area is 243 Å². The largest absolute Gasteiger partial charge is 0.277 e. The van der Waals surface area contributed by atoms with Gasteiger partial charge in [-0.15, -0.1) is 0 Å². The highest BCUT2D eigenvalue weighted by Gasteiger charge is 2.40. The van der Waals surface area contributed by atoms with Gasteiger partial charge in [0, 0.05) is 38.3 Å². The SMILES string of the molecule is CC1(C)c2ccccc2-c2nc(-n3c4cc5ccccc5cc4c4ccc5ccccc5c43)nc(-c3ccccc3)c21. The Hall–Kier alpha value is -5.28. The Kier molecular flexibility index (Phi) is 4.67. The Morgan fingerprint density at radius 1 is 0.548 bits per heavy atom. The summed E-state index contributed by atoms with van der Waals surface area (Å²) in [4.78, 5) is 10.9. The number of rotatable bonds is 2. The fraction of sp³-hybridized carbons (Fsp3) is 0.0769. The van der Waals surface area contributed by atoms with E-state index < -0.39 is 0 Å². The molecule has 0 saturated carbocycles. The van der Waals surface area contributed by atoms with Crippen LogP contribution in [0.4, 0.5) is 0 Å². The van der Waals surface area contributed by atoms with Gasteiger partial charge in [-0.05, 0) is 33.9 Å². The van der Waals surface area contributed by atoms with Crippen molar-refractivity contribution in [2.45, 2.75) is 19.3 Å². The van der Waals surface area contributed by atoms with Crippen molar-refractivity contribution in [3.8, 4) is 28.5 Å². The molecule has 198 valence electrons. The summed E-state index contributed by atoms with van der Waals surface area (Å²) in [5, 5.41) is 7.25. The van der Waals surface area contributed by atoms with E-state index in [9.17, 15) is 0 Å². The monoisotopic (exact) mass is 537 g/mol. The average Bonchev–Trinajstić information content (AvgIpc) is 3.48. The molecule has 8 aromatic rings. The van der Waals surface area contributed by atoms with E-state index in [1.807, 2.05) is 0 Å². The summed E-state index contributed by atoms with van der Waals surface area (Å²) in [5.74, 6) is 0.701. The van der Waals surface area contributed by atoms with Gasteiger partial charge in [-0.3, -0.25) is 4.57 Å². The quantitative estimate of drug-likeness (QED) is 0.220. The molecule has 42 heavy (non-hydrogen) atoms. The van der Waals surface area contributed by atoms with E-state index in [0.29, 0.717) is 5.95 Å². The second kappa shape index (κ2) is 8.37. The molecular formula is C39H27N3. The van der Waals surface area contributed by atoms with Crippen LogP contribution in [0.15, 0.2) is 127 Å². The standard InChI is InChI=1S/C39H27N3/c1-39(2)32-19-11-10-18-30(32)36-34(39)35(25-13-4-3-5-14-25)40-38(41-36)42-33-23-27-16-7-6-15-26(27)22-31(33)29-21-20-24-12-8-9-17-28(24)37(29)42/h3-23H,1-2H3. The molecule has 6 aromatic carbocycles. The summed E-state index contributed by atoms with van der Waals surface area (Å²) in [6.07, 6.45) is 0. The summed E-state index contributed by atoms with van der Waals surface area (Å²) in [6.45, 7) is 4.60. The van der Waals surface area contributed by atoms with Crippen LogP contribution in [0.25, 0.3) is 71.8 Å². The van der Waals surface area contributed by atoms with Crippen molar-refractivity contribution in [1.82, 2.24) is 14.5 Å². The second-order valence-electron chi connectivity index (χ2n) is 11.9. The van der Waals surface area contributed by atoms with Gasteiger partial charge in [-0.25, -0.2) is 9.97 Å². The Morgan fingerprint density at radius 3 is 2.05 bits per heavy atom. The highest BCUT2D eigenvalue weighted by atomic mass is 15.2. The lowest BCUT2D eigenvalue weighted by Gasteiger charge is -2.24. The minimum absolute atomic E-state index is 0.223. The van der Waals surface area contributed by atoms with Crippen LogP contribution in [0.1, 0.15) is 25.0 Å². The fourth-order valence-corrected chi connectivity index (χ4v) is 7.18. The van der Waals surface area contributed by atoms with Gasteiger partial charge >= 0.3 is 0 Å². The van der Waals surface area contributed by atoms with E-state index in [0.717, 1.165) is 28.0 Å². The first kappa shape index (κ1) is 23.4. The molecule has 1 aliphatic rings. The first-order chi connectivity index (χ1) is 20.6. The van der Waals surface area contributed by atoms with E-state index in [1.165, 1.54) is 49.0 Å². The highest BCUT2D eigenvalue weighted by molar-refractivity contribution is 6.20. The van der Waals surface area contributed by atoms with E-state index in [2.05, 4.69) is 146 Å². The van der Waals surface area contributed by atoms with Crippen LogP contribution >= 0.6 is 0 Å². The van der Waals surface area contributed by atoms with Crippen molar-refractivity contribution in [3.63, 3.8) is 0 Å². The van der Waals surface area contributed by atoms with Crippen LogP contribution in [0.2, 0.25) is 0 Å². The van der Waals surface area contributed by atoms with E-state index in [1.54, 1.807) is 0 Å². The molecule has 0 amide bonds. The van der Waals surface area contributed by atoms with Crippen LogP contribution < -0.4 is 0 Å². The van der Waals surface area contributed by atoms with Crippen LogP contribution in [-0.2, 0) is 5.41 Å². The predicted molar refractivity (Wildman–Crippen MR) is 174 cm³/mol. The van der Waals surface area contributed by atoms with E-state index >= 15 is 0 Å². The molecule has 2 aromatic heterocycles. The maximum atomic E-state index is 5.47. The maximum absolute atomic E-state index is 5.47. The Morgan fingerprint density at radius 2 is 1.21 bits per heavy atom. The first-order valence-corrected chi connectivity index (χ1v) is 14.5. The van der Waals surface area contributed by atoms with Gasteiger partial charge in [0.15, 0.2) is 0 Å². The third-order valence-corrected chi connectivity index (χ3v) is 9.14. The molecule has 0 radical (unpaired) electrons. The summed E-state index contributed by atoms with van der Waals surface area (Å²) >= 11 is 0. The summed E-state index contributed by atoms with van der Waals surface area (Å²) in [7, 11) is 0. The fourth-order valence-electron chi connectivity index (χ4n) is 7.18. The molecule has 2 heterocycles. The maximum Gasteiger partial charge on any atom is 0.235 e. The summed E-state index contributed by atoms with van der Waals surface area (Å²) in [6, 6.07) is 45.6. The molecular weight excluding hydrogens is 510 g/mol. The smallest absolute Gasteiger partial charge is 0.235 e. The zero-order chi connectivity index (χ0) is 28.0. The summed E-state index contributed by atoms with van der Waals surface area (Å²) in [5.41, 5.74) is 8.83. The lowest BCUT2D eigenvalue weighted by Crippen LogP contribution is -2.18. The molecule has 3 heteroatoms. The van der Waals surface area contributed by atoms with Gasteiger partial charge in [0.25, 0.3) is 0 Å². The number of hydrogen-bond donors (Lipinski definition) is 0. The van der Waals surface area contributed by atoms with Gasteiger partial charge in [0.05, 0.1) is 22.4 Å². The van der Waals surface area contributed by atoms with Crippen molar-refractivity contribution in [2.24, 2.45) is 0 Å². The molecule has 3 nitrogen and oxygen atoms in total. The third kappa shape index (κ3) is 3.11. The average molecular weight is 538 g/mol. The van der Waals surface area contributed by atoms with Gasteiger partial charge in [-0.1, -0.05) is 129 Å². The predicted octanol–water partition coefficient (Wildman–Crippen LogP) is 9.85. The summed E-state index contributed by atoms with van der Waals surface area (Å²) < 4.78 is 2.31. The van der Waals surface area contributed by atoms with E-state index in [-0.39, 0.29) is 5.41 Å².